The van der Waals surface area contributed by atoms with Gasteiger partial charge in [-0.25, -0.2) is 4.98 Å². The average molecular weight is 219 g/mol. The van der Waals surface area contributed by atoms with Crippen LogP contribution in [0.3, 0.4) is 0 Å². The minimum Gasteiger partial charge on any atom is -0.481 e. The van der Waals surface area contributed by atoms with Gasteiger partial charge in [-0.05, 0) is 12.1 Å². The van der Waals surface area contributed by atoms with Gasteiger partial charge < -0.3 is 4.74 Å². The number of methoxy groups -OCH3 is 1. The van der Waals surface area contributed by atoms with Gasteiger partial charge in [-0.3, -0.25) is 4.68 Å². The van der Waals surface area contributed by atoms with Gasteiger partial charge in [-0.1, -0.05) is 13.8 Å². The molecule has 2 heterocycles. The number of pyridine rings is 1. The van der Waals surface area contributed by atoms with E-state index in [4.69, 9.17) is 4.74 Å². The van der Waals surface area contributed by atoms with Crippen molar-refractivity contribution in [3.05, 3.63) is 30.6 Å². The van der Waals surface area contributed by atoms with Gasteiger partial charge in [-0.15, -0.1) is 0 Å². The highest BCUT2D eigenvalue weighted by molar-refractivity contribution is 5.57. The molecule has 0 aliphatic heterocycles. The van der Waals surface area contributed by atoms with Crippen molar-refractivity contribution >= 4 is 0 Å². The van der Waals surface area contributed by atoms with Crippen LogP contribution >= 0.6 is 0 Å². The molecule has 0 radical (unpaired) electrons. The predicted octanol–water partition coefficient (Wildman–Crippen LogP) is 2.52. The lowest BCUT2D eigenvalue weighted by atomic mass is 10.2. The van der Waals surface area contributed by atoms with Gasteiger partial charge in [0.25, 0.3) is 0 Å². The number of aromatic nitrogens is 3. The van der Waals surface area contributed by atoms with Crippen molar-refractivity contribution in [2.75, 3.05) is 7.11 Å². The Balaban J connectivity index is 0.000000606. The van der Waals surface area contributed by atoms with E-state index in [1.807, 2.05) is 45.3 Å². The summed E-state index contributed by atoms with van der Waals surface area (Å²) in [7, 11) is 3.49. The number of nitrogens with zero attached hydrogens (tertiary/aromatic N) is 3. The molecule has 4 nitrogen and oxygen atoms in total. The molecule has 0 aliphatic rings. The topological polar surface area (TPSA) is 39.9 Å². The number of hydrogen-bond donors (Lipinski definition) is 0. The summed E-state index contributed by atoms with van der Waals surface area (Å²) in [6, 6.07) is 5.71. The maximum atomic E-state index is 4.97. The minimum absolute atomic E-state index is 0.615. The van der Waals surface area contributed by atoms with E-state index in [0.717, 1.165) is 11.3 Å². The number of aryl methyl sites for hydroxylation is 1. The summed E-state index contributed by atoms with van der Waals surface area (Å²) in [6.07, 6.45) is 3.65. The van der Waals surface area contributed by atoms with Crippen molar-refractivity contribution < 1.29 is 4.74 Å². The van der Waals surface area contributed by atoms with E-state index in [1.165, 1.54) is 0 Å². The molecule has 0 aliphatic carbocycles. The van der Waals surface area contributed by atoms with Gasteiger partial charge in [0.15, 0.2) is 0 Å². The highest BCUT2D eigenvalue weighted by Crippen LogP contribution is 2.17. The molecule has 0 N–H and O–H groups in total. The largest absolute Gasteiger partial charge is 0.481 e. The van der Waals surface area contributed by atoms with Gasteiger partial charge >= 0.3 is 0 Å². The number of ether oxygens (including phenoxy) is 1. The molecule has 2 aromatic rings. The van der Waals surface area contributed by atoms with Crippen molar-refractivity contribution in [3.8, 4) is 17.1 Å². The molecule has 16 heavy (non-hydrogen) atoms. The van der Waals surface area contributed by atoms with Crippen LogP contribution in [0.25, 0.3) is 11.3 Å². The van der Waals surface area contributed by atoms with E-state index in [9.17, 15) is 0 Å². The van der Waals surface area contributed by atoms with Crippen LogP contribution in [0, 0.1) is 0 Å². The number of rotatable bonds is 2. The molecule has 0 unspecified atom stereocenters. The van der Waals surface area contributed by atoms with Gasteiger partial charge in [0.1, 0.15) is 0 Å². The molecular formula is C12H17N3O. The zero-order valence-electron chi connectivity index (χ0n) is 10.1. The molecule has 2 rings (SSSR count). The smallest absolute Gasteiger partial charge is 0.212 e. The second kappa shape index (κ2) is 5.90. The van der Waals surface area contributed by atoms with Crippen LogP contribution in [0.2, 0.25) is 0 Å². The van der Waals surface area contributed by atoms with Crippen LogP contribution in [-0.4, -0.2) is 21.9 Å². The van der Waals surface area contributed by atoms with E-state index in [2.05, 4.69) is 10.1 Å². The molecule has 0 atom stereocenters. The molecule has 0 aromatic carbocycles. The molecule has 0 spiro atoms. The fourth-order valence-corrected chi connectivity index (χ4v) is 1.22. The maximum Gasteiger partial charge on any atom is 0.212 e. The summed E-state index contributed by atoms with van der Waals surface area (Å²) in [6.45, 7) is 4.00. The fourth-order valence-electron chi connectivity index (χ4n) is 1.22. The Morgan fingerprint density at radius 3 is 2.38 bits per heavy atom. The van der Waals surface area contributed by atoms with Crippen molar-refractivity contribution in [2.24, 2.45) is 7.05 Å². The standard InChI is InChI=1S/C10H11N3O.C2H6/c1-13-6-5-9(12-13)8-3-4-10(14-2)11-7-8;1-2/h3-7H,1-2H3;1-2H3. The van der Waals surface area contributed by atoms with Crippen LogP contribution in [0.5, 0.6) is 5.88 Å². The second-order valence-corrected chi connectivity index (χ2v) is 2.96. The maximum absolute atomic E-state index is 4.97. The molecule has 0 amide bonds. The van der Waals surface area contributed by atoms with Crippen molar-refractivity contribution in [2.45, 2.75) is 13.8 Å². The summed E-state index contributed by atoms with van der Waals surface area (Å²) in [5, 5.41) is 4.27. The van der Waals surface area contributed by atoms with E-state index in [-0.39, 0.29) is 0 Å². The molecular weight excluding hydrogens is 202 g/mol. The molecule has 0 bridgehead atoms. The Labute approximate surface area is 95.9 Å². The highest BCUT2D eigenvalue weighted by atomic mass is 16.5. The van der Waals surface area contributed by atoms with E-state index < -0.39 is 0 Å². The van der Waals surface area contributed by atoms with Crippen LogP contribution in [-0.2, 0) is 7.05 Å². The first-order valence-corrected chi connectivity index (χ1v) is 5.29. The lowest BCUT2D eigenvalue weighted by molar-refractivity contribution is 0.398. The Kier molecular flexibility index (Phi) is 4.51. The second-order valence-electron chi connectivity index (χ2n) is 2.96. The van der Waals surface area contributed by atoms with Crippen LogP contribution in [0.1, 0.15) is 13.8 Å². The summed E-state index contributed by atoms with van der Waals surface area (Å²) in [5.41, 5.74) is 1.91. The van der Waals surface area contributed by atoms with Gasteiger partial charge in [0.2, 0.25) is 5.88 Å². The summed E-state index contributed by atoms with van der Waals surface area (Å²) in [4.78, 5) is 4.11. The predicted molar refractivity (Wildman–Crippen MR) is 64.3 cm³/mol. The third-order valence-corrected chi connectivity index (χ3v) is 1.95. The third-order valence-electron chi connectivity index (χ3n) is 1.95. The van der Waals surface area contributed by atoms with Crippen molar-refractivity contribution in [1.29, 1.82) is 0 Å². The van der Waals surface area contributed by atoms with Crippen LogP contribution in [0.4, 0.5) is 0 Å². The zero-order valence-corrected chi connectivity index (χ0v) is 10.1. The SMILES string of the molecule is CC.COc1ccc(-c2ccn(C)n2)cn1. The molecule has 0 saturated carbocycles. The van der Waals surface area contributed by atoms with Crippen molar-refractivity contribution in [1.82, 2.24) is 14.8 Å². The lowest BCUT2D eigenvalue weighted by Gasteiger charge is -1.99. The quantitative estimate of drug-likeness (QED) is 0.779. The normalized spacial score (nSPS) is 9.25. The Morgan fingerprint density at radius 2 is 1.94 bits per heavy atom. The van der Waals surface area contributed by atoms with Gasteiger partial charge in [0, 0.05) is 31.1 Å². The molecule has 2 aromatic heterocycles. The van der Waals surface area contributed by atoms with E-state index >= 15 is 0 Å². The Hall–Kier alpha value is -1.84. The number of hydrogen-bond acceptors (Lipinski definition) is 3. The lowest BCUT2D eigenvalue weighted by Crippen LogP contribution is -1.89. The Morgan fingerprint density at radius 1 is 1.19 bits per heavy atom. The first-order valence-electron chi connectivity index (χ1n) is 5.29. The van der Waals surface area contributed by atoms with Crippen LogP contribution in [0.15, 0.2) is 30.6 Å². The van der Waals surface area contributed by atoms with E-state index in [0.29, 0.717) is 5.88 Å². The summed E-state index contributed by atoms with van der Waals surface area (Å²) >= 11 is 0. The zero-order chi connectivity index (χ0) is 12.0. The molecule has 86 valence electrons. The fraction of sp³-hybridized carbons (Fsp3) is 0.333. The van der Waals surface area contributed by atoms with E-state index in [1.54, 1.807) is 18.0 Å². The minimum atomic E-state index is 0.615. The van der Waals surface area contributed by atoms with Gasteiger partial charge in [0.05, 0.1) is 12.8 Å². The third kappa shape index (κ3) is 2.82. The van der Waals surface area contributed by atoms with Gasteiger partial charge in [-0.2, -0.15) is 5.10 Å². The summed E-state index contributed by atoms with van der Waals surface area (Å²) < 4.78 is 6.74. The molecule has 0 saturated heterocycles. The average Bonchev–Trinajstić information content (AvgIpc) is 2.79. The van der Waals surface area contributed by atoms with Crippen molar-refractivity contribution in [3.63, 3.8) is 0 Å². The molecule has 4 heteroatoms. The first-order chi connectivity index (χ1) is 7.79. The summed E-state index contributed by atoms with van der Waals surface area (Å²) in [5.74, 6) is 0.615. The highest BCUT2D eigenvalue weighted by Gasteiger charge is 2.01. The Bertz CT molecular complexity index is 420. The monoisotopic (exact) mass is 219 g/mol. The molecule has 0 fully saturated rings. The first kappa shape index (κ1) is 12.2. The van der Waals surface area contributed by atoms with Crippen LogP contribution < -0.4 is 4.74 Å².